The molecule has 3 saturated carbocycles. The molecule has 6 aromatic rings. The van der Waals surface area contributed by atoms with Gasteiger partial charge < -0.3 is 44.4 Å². The number of rotatable bonds is 21. The fraction of sp³-hybridized carbons (Fsp3) is 0.568. The van der Waals surface area contributed by atoms with Crippen molar-refractivity contribution in [1.82, 2.24) is 40.6 Å². The highest BCUT2D eigenvalue weighted by atomic mass is 19.1. The van der Waals surface area contributed by atoms with Crippen molar-refractivity contribution < 1.29 is 60.8 Å². The van der Waals surface area contributed by atoms with Crippen LogP contribution in [0.2, 0.25) is 0 Å². The van der Waals surface area contributed by atoms with Crippen molar-refractivity contribution in [3.05, 3.63) is 165 Å². The third-order valence-electron chi connectivity index (χ3n) is 30.1. The first-order valence-corrected chi connectivity index (χ1v) is 43.9. The molecule has 15 heterocycles. The summed E-state index contributed by atoms with van der Waals surface area (Å²) in [5, 5.41) is 39.6. The quantitative estimate of drug-likeness (QED) is 0.0565. The Balaban J connectivity index is 0.000000118. The van der Waals surface area contributed by atoms with Crippen LogP contribution in [0.5, 0.6) is 0 Å². The molecule has 3 aliphatic carbocycles. The van der Waals surface area contributed by atoms with Crippen LogP contribution in [0.25, 0.3) is 33.6 Å². The summed E-state index contributed by atoms with van der Waals surface area (Å²) in [6.07, 6.45) is 16.5. The summed E-state index contributed by atoms with van der Waals surface area (Å²) in [5.41, 5.74) is 9.63. The lowest BCUT2D eigenvalue weighted by molar-refractivity contribution is -0.129. The molecule has 3 N–H and O–H groups in total. The number of nitrogens with zero attached hydrogens (tertiary/aromatic N) is 8. The van der Waals surface area contributed by atoms with E-state index < -0.39 is 34.7 Å². The third kappa shape index (κ3) is 15.8. The SMILES string of the molecule is N#C[C@@H](CC(=O)C12CCC(CC1)CN2)Cc1ccc(-c2ccc3c(c2)C2(CCN(C4COC4)CC2)OC3)cc1F.N#C[C@@H](CC(=O)[C@H]1N[C@@H]2CC[C@H]1C2)Cc1ccc(-c2ccc3c(n2)C2(CCN(C4COC4)CC2)OC3)cc1F.N#C[C@@H](CC(=O)[C@H]1N[C@@H]2CC[C@H]1C2)Cc1ccc(-c2ccc3c(n2)C2(CCN(C4COC4)CC2)OC3=O)cc1F. The lowest BCUT2D eigenvalue weighted by Gasteiger charge is -2.46. The molecule has 0 amide bonds. The second-order valence-electron chi connectivity index (χ2n) is 37.0. The summed E-state index contributed by atoms with van der Waals surface area (Å²) in [4.78, 5) is 68.9. The highest BCUT2D eigenvalue weighted by Gasteiger charge is 2.53. The second-order valence-corrected chi connectivity index (χ2v) is 37.0. The van der Waals surface area contributed by atoms with Crippen LogP contribution in [0.15, 0.2) is 97.1 Å². The number of ketones is 3. The van der Waals surface area contributed by atoms with Crippen LogP contribution in [-0.4, -0.2) is 181 Å². The van der Waals surface area contributed by atoms with Crippen LogP contribution < -0.4 is 16.0 Å². The van der Waals surface area contributed by atoms with Crippen molar-refractivity contribution in [1.29, 1.82) is 15.8 Å². The Morgan fingerprint density at radius 2 is 0.924 bits per heavy atom. The highest BCUT2D eigenvalue weighted by molar-refractivity contribution is 5.95. The highest BCUT2D eigenvalue weighted by Crippen LogP contribution is 2.50. The number of ether oxygens (including phenoxy) is 6. The van der Waals surface area contributed by atoms with Gasteiger partial charge in [0, 0.05) is 100 Å². The maximum atomic E-state index is 15.4. The summed E-state index contributed by atoms with van der Waals surface area (Å²) in [7, 11) is 0. The van der Waals surface area contributed by atoms with E-state index in [0.29, 0.717) is 119 Å². The summed E-state index contributed by atoms with van der Waals surface area (Å²) in [5.74, 6) is -1.37. The summed E-state index contributed by atoms with van der Waals surface area (Å²) < 4.78 is 80.8. The average Bonchev–Trinajstić information content (AvgIpc) is 1.58. The van der Waals surface area contributed by atoms with Gasteiger partial charge in [0.25, 0.3) is 0 Å². The van der Waals surface area contributed by atoms with Gasteiger partial charge in [-0.3, -0.25) is 29.1 Å². The first-order chi connectivity index (χ1) is 57.9. The number of Topliss-reactive ketones (excluding diaryl/α,β-unsaturated/α-hetero) is 3. The van der Waals surface area contributed by atoms with Crippen molar-refractivity contribution in [2.45, 2.75) is 219 Å². The molecule has 10 saturated heterocycles. The van der Waals surface area contributed by atoms with Crippen LogP contribution in [0.1, 0.15) is 177 Å². The molecule has 4 aromatic carbocycles. The minimum absolute atomic E-state index is 0.0654. The molecule has 24 heteroatoms. The smallest absolute Gasteiger partial charge is 0.341 e. The van der Waals surface area contributed by atoms with Crippen molar-refractivity contribution in [2.24, 2.45) is 35.5 Å². The topological polar surface area (TPSA) is 267 Å². The number of carbonyl (C=O) groups excluding carboxylic acids is 4. The van der Waals surface area contributed by atoms with Crippen LogP contribution in [0.3, 0.4) is 0 Å². The normalized spacial score (nSPS) is 28.0. The maximum Gasteiger partial charge on any atom is 0.341 e. The van der Waals surface area contributed by atoms with Gasteiger partial charge in [0.1, 0.15) is 23.1 Å². The zero-order valence-electron chi connectivity index (χ0n) is 67.7. The number of nitriles is 3. The number of piperidine rings is 7. The van der Waals surface area contributed by atoms with Gasteiger partial charge >= 0.3 is 5.97 Å². The molecule has 0 radical (unpaired) electrons. The number of hydrogen-bond acceptors (Lipinski definition) is 21. The van der Waals surface area contributed by atoms with Crippen molar-refractivity contribution in [2.75, 3.05) is 85.5 Å². The number of pyridine rings is 2. The Hall–Kier alpha value is -8.52. The van der Waals surface area contributed by atoms with Crippen molar-refractivity contribution in [3.63, 3.8) is 0 Å². The van der Waals surface area contributed by atoms with Gasteiger partial charge in [0.05, 0.1) is 159 Å². The number of carbonyl (C=O) groups is 4. The number of aromatic nitrogens is 2. The van der Waals surface area contributed by atoms with E-state index in [1.807, 2.05) is 18.2 Å². The molecule has 119 heavy (non-hydrogen) atoms. The number of hydrogen-bond donors (Lipinski definition) is 3. The molecule has 3 spiro atoms. The Morgan fingerprint density at radius 3 is 1.39 bits per heavy atom. The lowest BCUT2D eigenvalue weighted by Crippen LogP contribution is -2.60. The predicted octanol–water partition coefficient (Wildman–Crippen LogP) is 12.3. The van der Waals surface area contributed by atoms with Gasteiger partial charge in [-0.15, -0.1) is 0 Å². The first-order valence-electron chi connectivity index (χ1n) is 43.9. The number of esters is 1. The fourth-order valence-corrected chi connectivity index (χ4v) is 22.4. The number of fused-ring (bicyclic) bond motifs is 13. The number of nitrogens with one attached hydrogen (secondary N) is 3. The summed E-state index contributed by atoms with van der Waals surface area (Å²) in [6, 6.07) is 38.0. The van der Waals surface area contributed by atoms with E-state index in [1.165, 1.54) is 23.3 Å². The number of likely N-dealkylation sites (tertiary alicyclic amines) is 3. The molecular formula is C95H106F3N11O10. The molecule has 0 unspecified atom stereocenters. The van der Waals surface area contributed by atoms with E-state index in [-0.39, 0.29) is 96.8 Å². The lowest BCUT2D eigenvalue weighted by atomic mass is 9.68. The number of benzene rings is 4. The summed E-state index contributed by atoms with van der Waals surface area (Å²) >= 11 is 0. The molecule has 22 rings (SSSR count). The van der Waals surface area contributed by atoms with Crippen molar-refractivity contribution in [3.8, 4) is 51.8 Å². The maximum absolute atomic E-state index is 15.4. The number of halogens is 3. The van der Waals surface area contributed by atoms with Crippen LogP contribution in [0.4, 0.5) is 13.2 Å². The Bertz CT molecular complexity index is 5000. The zero-order chi connectivity index (χ0) is 81.3. The molecule has 21 nitrogen and oxygen atoms in total. The minimum Gasteiger partial charge on any atom is -0.449 e. The predicted molar refractivity (Wildman–Crippen MR) is 433 cm³/mol. The van der Waals surface area contributed by atoms with Gasteiger partial charge in [-0.2, -0.15) is 15.8 Å². The molecule has 13 fully saturated rings. The van der Waals surface area contributed by atoms with E-state index in [2.05, 4.69) is 73.1 Å². The van der Waals surface area contributed by atoms with E-state index in [9.17, 15) is 35.0 Å². The molecule has 2 aromatic heterocycles. The molecule has 13 aliphatic heterocycles. The average molecular weight is 1620 g/mol. The van der Waals surface area contributed by atoms with Crippen molar-refractivity contribution >= 4 is 23.3 Å². The first kappa shape index (κ1) is 80.2. The Kier molecular flexibility index (Phi) is 22.5. The fourth-order valence-electron chi connectivity index (χ4n) is 22.4. The second kappa shape index (κ2) is 33.4. The molecule has 622 valence electrons. The van der Waals surface area contributed by atoms with Gasteiger partial charge in [-0.1, -0.05) is 54.6 Å². The third-order valence-corrected chi connectivity index (χ3v) is 30.1. The molecule has 9 atom stereocenters. The van der Waals surface area contributed by atoms with Crippen LogP contribution >= 0.6 is 0 Å². The van der Waals surface area contributed by atoms with Gasteiger partial charge in [0.2, 0.25) is 0 Å². The zero-order valence-corrected chi connectivity index (χ0v) is 67.7. The van der Waals surface area contributed by atoms with Crippen LogP contribution in [0, 0.1) is 87.0 Å². The van der Waals surface area contributed by atoms with Crippen LogP contribution in [-0.2, 0) is 92.1 Å². The Morgan fingerprint density at radius 1 is 0.487 bits per heavy atom. The van der Waals surface area contributed by atoms with E-state index in [1.54, 1.807) is 42.5 Å². The minimum atomic E-state index is -0.748. The van der Waals surface area contributed by atoms with E-state index >= 15 is 13.2 Å². The molecular weight excluding hydrogens is 1510 g/mol. The molecule has 16 aliphatic rings. The van der Waals surface area contributed by atoms with E-state index in [0.717, 1.165) is 203 Å². The van der Waals surface area contributed by atoms with Gasteiger partial charge in [0.15, 0.2) is 23.0 Å². The Labute approximate surface area is 693 Å². The standard InChI is InChI=1S/C33H38FN3O3.C31H33FN4O4.C31H35FN4O3/c34-30-16-25(1-3-26(30)13-23(17-35)14-31(38)32-7-5-22(6-8-32)18-36-32)24-2-4-27-19-40-33(29(27)15-24)9-11-37(12-10-33)28-20-39-21-28;32-25-14-20(2-1-19(25)11-18(15-33)12-27(37)28-21-3-4-22(13-21)34-28)26-6-5-24-29(35-26)31(40-30(24)38)7-9-36(10-8-31)23-16-39-17-23;32-26-14-21(2-1-20(26)11-19(15-33)12-28(37)29-22-3-5-24(13-22)34-29)27-6-4-23-16-39-31(30(23)35-27)7-9-36(10-8-31)25-17-38-18-25/h1-4,15-16,22-23,28,36H,5-14,18-21H2;1-2,5-6,14,18,21-23,28,34H,3-4,7-13,16-17H2;1-2,4,6,14,19,22,24-25,29,34H,3,5,7-13,16-18H2/t22?,23-,32?;18-,21+,22-,28+;19-,22+,24-,29+/m111/s1. The molecule has 6 bridgehead atoms. The largest absolute Gasteiger partial charge is 0.449 e. The summed E-state index contributed by atoms with van der Waals surface area (Å²) in [6.45, 7) is 12.4. The van der Waals surface area contributed by atoms with Gasteiger partial charge in [-0.05, 0) is 215 Å². The van der Waals surface area contributed by atoms with E-state index in [4.69, 9.17) is 38.4 Å². The van der Waals surface area contributed by atoms with Gasteiger partial charge in [-0.25, -0.2) is 27.9 Å². The monoisotopic (exact) mass is 1620 g/mol.